The van der Waals surface area contributed by atoms with Gasteiger partial charge in [0, 0.05) is 6.54 Å². The first kappa shape index (κ1) is 15.0. The van der Waals surface area contributed by atoms with Gasteiger partial charge < -0.3 is 15.7 Å². The number of hydrogen-bond acceptors (Lipinski definition) is 3. The third-order valence-corrected chi connectivity index (χ3v) is 4.44. The molecule has 1 aliphatic rings. The molecule has 1 saturated heterocycles. The maximum absolute atomic E-state index is 12.7. The van der Waals surface area contributed by atoms with E-state index >= 15 is 0 Å². The zero-order valence-corrected chi connectivity index (χ0v) is 12.2. The van der Waals surface area contributed by atoms with Crippen LogP contribution in [0, 0.1) is 11.3 Å². The summed E-state index contributed by atoms with van der Waals surface area (Å²) in [5.74, 6) is 0.313. The fraction of sp³-hybridized carbons (Fsp3) is 0.562. The number of amides is 1. The first-order valence-corrected chi connectivity index (χ1v) is 7.27. The van der Waals surface area contributed by atoms with Crippen LogP contribution in [0.15, 0.2) is 30.3 Å². The Morgan fingerprint density at radius 1 is 1.40 bits per heavy atom. The van der Waals surface area contributed by atoms with Gasteiger partial charge in [-0.3, -0.25) is 4.79 Å². The number of nitrogens with one attached hydrogen (secondary N) is 2. The molecule has 1 aliphatic heterocycles. The molecule has 0 radical (unpaired) electrons. The van der Waals surface area contributed by atoms with Crippen LogP contribution in [-0.2, 0) is 4.79 Å². The van der Waals surface area contributed by atoms with E-state index < -0.39 is 0 Å². The van der Waals surface area contributed by atoms with Crippen molar-refractivity contribution in [2.75, 3.05) is 19.7 Å². The maximum Gasteiger partial charge on any atom is 0.228 e. The van der Waals surface area contributed by atoms with Gasteiger partial charge in [0.25, 0.3) is 0 Å². The number of hydrogen-bond donors (Lipinski definition) is 3. The third-order valence-electron chi connectivity index (χ3n) is 4.44. The van der Waals surface area contributed by atoms with E-state index in [4.69, 9.17) is 0 Å². The van der Waals surface area contributed by atoms with Gasteiger partial charge in [-0.05, 0) is 24.4 Å². The molecule has 2 atom stereocenters. The molecule has 1 aromatic rings. The van der Waals surface area contributed by atoms with Gasteiger partial charge in [-0.15, -0.1) is 0 Å². The Bertz CT molecular complexity index is 439. The summed E-state index contributed by atoms with van der Waals surface area (Å²) in [6, 6.07) is 9.28. The molecule has 2 rings (SSSR count). The van der Waals surface area contributed by atoms with E-state index in [1.165, 1.54) is 0 Å². The first-order valence-electron chi connectivity index (χ1n) is 7.27. The van der Waals surface area contributed by atoms with Gasteiger partial charge in [0.1, 0.15) is 0 Å². The summed E-state index contributed by atoms with van der Waals surface area (Å²) in [7, 11) is 0. The monoisotopic (exact) mass is 276 g/mol. The van der Waals surface area contributed by atoms with Gasteiger partial charge in [-0.2, -0.15) is 0 Å². The highest BCUT2D eigenvalue weighted by Crippen LogP contribution is 2.35. The molecule has 20 heavy (non-hydrogen) atoms. The summed E-state index contributed by atoms with van der Waals surface area (Å²) in [6.45, 7) is 5.67. The van der Waals surface area contributed by atoms with Crippen molar-refractivity contribution in [1.82, 2.24) is 10.6 Å². The van der Waals surface area contributed by atoms with Crippen LogP contribution < -0.4 is 10.6 Å². The van der Waals surface area contributed by atoms with E-state index in [9.17, 15) is 9.90 Å². The normalized spacial score (nSPS) is 23.8. The van der Waals surface area contributed by atoms with Crippen molar-refractivity contribution < 1.29 is 9.90 Å². The van der Waals surface area contributed by atoms with Crippen LogP contribution in [0.2, 0.25) is 0 Å². The molecule has 0 bridgehead atoms. The van der Waals surface area contributed by atoms with Crippen molar-refractivity contribution in [2.45, 2.75) is 26.3 Å². The average molecular weight is 276 g/mol. The van der Waals surface area contributed by atoms with Crippen LogP contribution in [0.3, 0.4) is 0 Å². The van der Waals surface area contributed by atoms with Crippen LogP contribution in [-0.4, -0.2) is 30.7 Å². The van der Waals surface area contributed by atoms with E-state index in [1.54, 1.807) is 0 Å². The molecule has 0 aromatic heterocycles. The highest BCUT2D eigenvalue weighted by molar-refractivity contribution is 5.84. The van der Waals surface area contributed by atoms with Crippen molar-refractivity contribution in [3.8, 4) is 0 Å². The summed E-state index contributed by atoms with van der Waals surface area (Å²) in [5, 5.41) is 15.9. The molecule has 4 nitrogen and oxygen atoms in total. The van der Waals surface area contributed by atoms with Crippen molar-refractivity contribution >= 4 is 5.91 Å². The molecule has 1 fully saturated rings. The topological polar surface area (TPSA) is 61.4 Å². The highest BCUT2D eigenvalue weighted by Gasteiger charge is 2.44. The second-order valence-corrected chi connectivity index (χ2v) is 5.86. The molecule has 110 valence electrons. The molecular weight excluding hydrogens is 252 g/mol. The van der Waals surface area contributed by atoms with Gasteiger partial charge in [0.2, 0.25) is 5.91 Å². The van der Waals surface area contributed by atoms with E-state index in [0.29, 0.717) is 6.54 Å². The summed E-state index contributed by atoms with van der Waals surface area (Å²) < 4.78 is 0. The smallest absolute Gasteiger partial charge is 0.228 e. The molecule has 1 unspecified atom stereocenters. The molecule has 3 N–H and O–H groups in total. The zero-order chi connectivity index (χ0) is 14.6. The van der Waals surface area contributed by atoms with Crippen LogP contribution in [0.25, 0.3) is 0 Å². The van der Waals surface area contributed by atoms with Crippen molar-refractivity contribution in [1.29, 1.82) is 0 Å². The van der Waals surface area contributed by atoms with Crippen LogP contribution in [0.4, 0.5) is 0 Å². The minimum atomic E-state index is -0.359. The quantitative estimate of drug-likeness (QED) is 0.763. The molecular formula is C16H24N2O2. The van der Waals surface area contributed by atoms with E-state index in [1.807, 2.05) is 30.3 Å². The fourth-order valence-corrected chi connectivity index (χ4v) is 2.88. The Kier molecular flexibility index (Phi) is 4.78. The Morgan fingerprint density at radius 3 is 2.60 bits per heavy atom. The van der Waals surface area contributed by atoms with E-state index in [2.05, 4.69) is 24.5 Å². The van der Waals surface area contributed by atoms with Crippen LogP contribution >= 0.6 is 0 Å². The average Bonchev–Trinajstić information content (AvgIpc) is 2.96. The molecule has 0 spiro atoms. The van der Waals surface area contributed by atoms with Crippen molar-refractivity contribution in [2.24, 2.45) is 11.3 Å². The molecule has 4 heteroatoms. The summed E-state index contributed by atoms with van der Waals surface area (Å²) in [6.07, 6.45) is 0.851. The van der Waals surface area contributed by atoms with Gasteiger partial charge in [0.05, 0.1) is 18.1 Å². The Morgan fingerprint density at radius 2 is 2.10 bits per heavy atom. The van der Waals surface area contributed by atoms with Gasteiger partial charge in [-0.1, -0.05) is 44.2 Å². The molecule has 0 saturated carbocycles. The fourth-order valence-electron chi connectivity index (χ4n) is 2.88. The van der Waals surface area contributed by atoms with Gasteiger partial charge in [-0.25, -0.2) is 0 Å². The van der Waals surface area contributed by atoms with Crippen molar-refractivity contribution in [3.63, 3.8) is 0 Å². The van der Waals surface area contributed by atoms with Crippen LogP contribution in [0.1, 0.15) is 31.9 Å². The number of carbonyl (C=O) groups is 1. The predicted molar refractivity (Wildman–Crippen MR) is 79.2 cm³/mol. The SMILES string of the molecule is CC(C)C1(C(=O)N[C@@H](CO)c2ccccc2)CCNC1. The maximum atomic E-state index is 12.7. The number of benzene rings is 1. The Hall–Kier alpha value is -1.39. The standard InChI is InChI=1S/C16H24N2O2/c1-12(2)16(8-9-17-11-16)15(20)18-14(10-19)13-6-4-3-5-7-13/h3-7,12,14,17,19H,8-11H2,1-2H3,(H,18,20)/t14-,16?/m0/s1. The zero-order valence-electron chi connectivity index (χ0n) is 12.2. The number of rotatable bonds is 5. The third kappa shape index (κ3) is 2.86. The Labute approximate surface area is 120 Å². The first-order chi connectivity index (χ1) is 9.60. The van der Waals surface area contributed by atoms with E-state index in [-0.39, 0.29) is 29.9 Å². The minimum absolute atomic E-state index is 0.0420. The number of aliphatic hydroxyl groups excluding tert-OH is 1. The second-order valence-electron chi connectivity index (χ2n) is 5.86. The minimum Gasteiger partial charge on any atom is -0.394 e. The number of carbonyl (C=O) groups excluding carboxylic acids is 1. The molecule has 0 aliphatic carbocycles. The lowest BCUT2D eigenvalue weighted by atomic mass is 9.75. The van der Waals surface area contributed by atoms with E-state index in [0.717, 1.165) is 18.5 Å². The Balaban J connectivity index is 2.13. The molecule has 1 amide bonds. The van der Waals surface area contributed by atoms with Gasteiger partial charge >= 0.3 is 0 Å². The van der Waals surface area contributed by atoms with Crippen LogP contribution in [0.5, 0.6) is 0 Å². The lowest BCUT2D eigenvalue weighted by molar-refractivity contribution is -0.133. The van der Waals surface area contributed by atoms with Crippen molar-refractivity contribution in [3.05, 3.63) is 35.9 Å². The van der Waals surface area contributed by atoms with Gasteiger partial charge in [0.15, 0.2) is 0 Å². The summed E-state index contributed by atoms with van der Waals surface area (Å²) >= 11 is 0. The largest absolute Gasteiger partial charge is 0.394 e. The summed E-state index contributed by atoms with van der Waals surface area (Å²) in [5.41, 5.74) is 0.579. The highest BCUT2D eigenvalue weighted by atomic mass is 16.3. The summed E-state index contributed by atoms with van der Waals surface area (Å²) in [4.78, 5) is 12.7. The number of aliphatic hydroxyl groups is 1. The molecule has 1 heterocycles. The second kappa shape index (κ2) is 6.37. The lowest BCUT2D eigenvalue weighted by Crippen LogP contribution is -2.47. The molecule has 1 aromatic carbocycles. The lowest BCUT2D eigenvalue weighted by Gasteiger charge is -2.33. The predicted octanol–water partition coefficient (Wildman–Crippen LogP) is 1.47.